The molecule has 2 heterocycles. The highest BCUT2D eigenvalue weighted by atomic mass is 32.1. The van der Waals surface area contributed by atoms with Crippen molar-refractivity contribution < 1.29 is 22.8 Å². The first kappa shape index (κ1) is 20.4. The minimum Gasteiger partial charge on any atom is -0.304 e. The van der Waals surface area contributed by atoms with Crippen LogP contribution in [0.4, 0.5) is 19.0 Å². The molecule has 0 unspecified atom stereocenters. The molecule has 0 radical (unpaired) electrons. The Kier molecular flexibility index (Phi) is 5.87. The number of amides is 1. The van der Waals surface area contributed by atoms with Crippen molar-refractivity contribution in [2.75, 3.05) is 5.32 Å². The molecule has 0 aliphatic rings. The fourth-order valence-corrected chi connectivity index (χ4v) is 3.01. The molecule has 1 aromatic carbocycles. The molecule has 0 fully saturated rings. The Balaban J connectivity index is 1.57. The number of rotatable bonds is 6. The summed E-state index contributed by atoms with van der Waals surface area (Å²) in [7, 11) is 0. The van der Waals surface area contributed by atoms with Crippen LogP contribution in [0.1, 0.15) is 32.7 Å². The monoisotopic (exact) mass is 421 g/mol. The topological polar surface area (TPSA) is 89.8 Å². The molecule has 150 valence electrons. The molecule has 2 aromatic heterocycles. The van der Waals surface area contributed by atoms with Crippen LogP contribution in [-0.4, -0.2) is 31.7 Å². The van der Waals surface area contributed by atoms with Gasteiger partial charge in [-0.3, -0.25) is 9.59 Å². The lowest BCUT2D eigenvalue weighted by molar-refractivity contribution is -0.137. The number of carbonyl (C=O) groups excluding carboxylic acids is 2. The number of nitrogens with one attached hydrogen (secondary N) is 1. The summed E-state index contributed by atoms with van der Waals surface area (Å²) in [6.45, 7) is 1.70. The number of carbonyl (C=O) groups is 2. The average Bonchev–Trinajstić information content (AvgIpc) is 3.30. The highest BCUT2D eigenvalue weighted by Gasteiger charge is 2.29. The molecule has 0 saturated carbocycles. The Morgan fingerprint density at radius 3 is 2.55 bits per heavy atom. The molecule has 0 aliphatic carbocycles. The zero-order chi connectivity index (χ0) is 21.0. The molecule has 0 saturated heterocycles. The fraction of sp³-hybridized carbons (Fsp3) is 0.167. The van der Waals surface area contributed by atoms with Crippen molar-refractivity contribution in [2.24, 2.45) is 0 Å². The van der Waals surface area contributed by atoms with Crippen LogP contribution in [0, 0.1) is 0 Å². The molecule has 29 heavy (non-hydrogen) atoms. The first-order valence-electron chi connectivity index (χ1n) is 8.23. The zero-order valence-electron chi connectivity index (χ0n) is 15.0. The lowest BCUT2D eigenvalue weighted by atomic mass is 10.1. The number of hydrogen-bond donors (Lipinski definition) is 1. The molecule has 0 aliphatic heterocycles. The van der Waals surface area contributed by atoms with Crippen molar-refractivity contribution in [3.8, 4) is 0 Å². The Bertz CT molecular complexity index is 1050. The Morgan fingerprint density at radius 1 is 1.21 bits per heavy atom. The second kappa shape index (κ2) is 8.35. The molecular formula is C18H14F3N5O2S. The van der Waals surface area contributed by atoms with Gasteiger partial charge in [0.25, 0.3) is 0 Å². The van der Waals surface area contributed by atoms with E-state index in [0.29, 0.717) is 15.4 Å². The summed E-state index contributed by atoms with van der Waals surface area (Å²) >= 11 is 1.24. The van der Waals surface area contributed by atoms with Crippen LogP contribution in [-0.2, 0) is 17.5 Å². The molecule has 0 spiro atoms. The number of alkyl halides is 3. The van der Waals surface area contributed by atoms with Crippen LogP contribution in [0.2, 0.25) is 0 Å². The molecule has 11 heteroatoms. The average molecular weight is 421 g/mol. The number of aromatic nitrogens is 4. The van der Waals surface area contributed by atoms with E-state index in [2.05, 4.69) is 20.5 Å². The Labute approximate surface area is 166 Å². The van der Waals surface area contributed by atoms with Crippen molar-refractivity contribution in [1.29, 1.82) is 0 Å². The normalized spacial score (nSPS) is 11.7. The van der Waals surface area contributed by atoms with Crippen LogP contribution in [0.5, 0.6) is 0 Å². The SMILES string of the molecule is CC(=O)c1cnc(Cn2ncc(NC(=O)/C=C/c3ccc(C(F)(F)F)cc3)n2)s1. The van der Waals surface area contributed by atoms with Crippen molar-refractivity contribution in [3.63, 3.8) is 0 Å². The largest absolute Gasteiger partial charge is 0.416 e. The molecule has 0 atom stereocenters. The number of anilines is 1. The van der Waals surface area contributed by atoms with Gasteiger partial charge in [0.1, 0.15) is 11.6 Å². The van der Waals surface area contributed by atoms with E-state index in [0.717, 1.165) is 12.1 Å². The third-order valence-electron chi connectivity index (χ3n) is 3.63. The first-order valence-corrected chi connectivity index (χ1v) is 9.04. The Morgan fingerprint density at radius 2 is 1.93 bits per heavy atom. The summed E-state index contributed by atoms with van der Waals surface area (Å²) in [5.41, 5.74) is -0.312. The third-order valence-corrected chi connectivity index (χ3v) is 4.71. The second-order valence-electron chi connectivity index (χ2n) is 5.88. The highest BCUT2D eigenvalue weighted by Crippen LogP contribution is 2.29. The smallest absolute Gasteiger partial charge is 0.304 e. The number of Topliss-reactive ketones (excluding diaryl/α,β-unsaturated/α-hetero) is 1. The predicted octanol–water partition coefficient (Wildman–Crippen LogP) is 3.66. The van der Waals surface area contributed by atoms with E-state index in [-0.39, 0.29) is 18.1 Å². The van der Waals surface area contributed by atoms with Crippen LogP contribution in [0.15, 0.2) is 42.7 Å². The minimum absolute atomic E-state index is 0.0741. The van der Waals surface area contributed by atoms with Gasteiger partial charge in [0.2, 0.25) is 5.91 Å². The number of ketones is 1. The molecule has 3 rings (SSSR count). The van der Waals surface area contributed by atoms with Crippen LogP contribution >= 0.6 is 11.3 Å². The van der Waals surface area contributed by atoms with Crippen LogP contribution < -0.4 is 5.32 Å². The van der Waals surface area contributed by atoms with Gasteiger partial charge in [0, 0.05) is 19.2 Å². The van der Waals surface area contributed by atoms with Crippen LogP contribution in [0.25, 0.3) is 6.08 Å². The van der Waals surface area contributed by atoms with Crippen molar-refractivity contribution in [1.82, 2.24) is 20.0 Å². The number of thiazole rings is 1. The van der Waals surface area contributed by atoms with E-state index in [9.17, 15) is 22.8 Å². The standard InChI is InChI=1S/C18H14F3N5O2S/c1-11(27)14-8-22-17(29-14)10-26-23-9-15(25-26)24-16(28)7-4-12-2-5-13(6-3-12)18(19,20)21/h2-9H,10H2,1H3,(H,24,25,28)/b7-4+. The molecule has 1 N–H and O–H groups in total. The maximum atomic E-state index is 12.5. The number of halogens is 3. The summed E-state index contributed by atoms with van der Waals surface area (Å²) in [5, 5.41) is 11.3. The van der Waals surface area contributed by atoms with Gasteiger partial charge in [0.05, 0.1) is 16.6 Å². The van der Waals surface area contributed by atoms with E-state index in [1.807, 2.05) is 0 Å². The van der Waals surface area contributed by atoms with Crippen molar-refractivity contribution in [2.45, 2.75) is 19.6 Å². The van der Waals surface area contributed by atoms with Gasteiger partial charge in [-0.2, -0.15) is 23.1 Å². The van der Waals surface area contributed by atoms with E-state index in [1.54, 1.807) is 0 Å². The lowest BCUT2D eigenvalue weighted by Crippen LogP contribution is -2.09. The summed E-state index contributed by atoms with van der Waals surface area (Å²) in [5.74, 6) is -0.379. The minimum atomic E-state index is -4.41. The van der Waals surface area contributed by atoms with Gasteiger partial charge in [-0.1, -0.05) is 12.1 Å². The summed E-state index contributed by atoms with van der Waals surface area (Å²) < 4.78 is 37.6. The maximum absolute atomic E-state index is 12.5. The van der Waals surface area contributed by atoms with Gasteiger partial charge in [-0.15, -0.1) is 16.4 Å². The third kappa shape index (κ3) is 5.57. The molecule has 7 nitrogen and oxygen atoms in total. The van der Waals surface area contributed by atoms with E-state index in [4.69, 9.17) is 0 Å². The number of benzene rings is 1. The van der Waals surface area contributed by atoms with Gasteiger partial charge >= 0.3 is 6.18 Å². The van der Waals surface area contributed by atoms with Crippen molar-refractivity contribution in [3.05, 3.63) is 63.7 Å². The summed E-state index contributed by atoms with van der Waals surface area (Å²) in [6, 6.07) is 4.43. The van der Waals surface area contributed by atoms with Crippen molar-refractivity contribution >= 4 is 34.9 Å². The van der Waals surface area contributed by atoms with Gasteiger partial charge in [0.15, 0.2) is 11.6 Å². The number of hydrogen-bond acceptors (Lipinski definition) is 6. The highest BCUT2D eigenvalue weighted by molar-refractivity contribution is 7.13. The van der Waals surface area contributed by atoms with E-state index >= 15 is 0 Å². The van der Waals surface area contributed by atoms with Crippen LogP contribution in [0.3, 0.4) is 0 Å². The second-order valence-corrected chi connectivity index (χ2v) is 6.99. The van der Waals surface area contributed by atoms with Gasteiger partial charge < -0.3 is 5.32 Å². The van der Waals surface area contributed by atoms with E-state index in [1.165, 1.54) is 59.7 Å². The molecule has 0 bridgehead atoms. The molecular weight excluding hydrogens is 407 g/mol. The number of nitrogens with zero attached hydrogens (tertiary/aromatic N) is 4. The Hall–Kier alpha value is -3.34. The van der Waals surface area contributed by atoms with Gasteiger partial charge in [-0.25, -0.2) is 4.98 Å². The predicted molar refractivity (Wildman–Crippen MR) is 100 cm³/mol. The zero-order valence-corrected chi connectivity index (χ0v) is 15.8. The molecule has 1 amide bonds. The fourth-order valence-electron chi connectivity index (χ4n) is 2.22. The van der Waals surface area contributed by atoms with E-state index < -0.39 is 17.6 Å². The maximum Gasteiger partial charge on any atom is 0.416 e. The summed E-state index contributed by atoms with van der Waals surface area (Å²) in [4.78, 5) is 29.2. The first-order chi connectivity index (χ1) is 13.7. The molecule has 3 aromatic rings. The summed E-state index contributed by atoms with van der Waals surface area (Å²) in [6.07, 6.45) is 1.00. The quantitative estimate of drug-likeness (QED) is 0.485. The lowest BCUT2D eigenvalue weighted by Gasteiger charge is -2.05. The van der Waals surface area contributed by atoms with Gasteiger partial charge in [-0.05, 0) is 23.8 Å².